The van der Waals surface area contributed by atoms with E-state index in [1.165, 1.54) is 17.8 Å². The molecule has 2 aromatic rings. The molecule has 8 nitrogen and oxygen atoms in total. The van der Waals surface area contributed by atoms with E-state index in [0.717, 1.165) is 38.8 Å². The minimum Gasteiger partial charge on any atom is -0.490 e. The molecule has 2 fully saturated rings. The van der Waals surface area contributed by atoms with Gasteiger partial charge in [0.05, 0.1) is 29.0 Å². The van der Waals surface area contributed by atoms with Crippen molar-refractivity contribution in [1.29, 1.82) is 0 Å². The summed E-state index contributed by atoms with van der Waals surface area (Å²) in [6.45, 7) is 1.97. The van der Waals surface area contributed by atoms with Crippen LogP contribution in [-0.4, -0.2) is 72.5 Å². The maximum atomic E-state index is 13.4. The highest BCUT2D eigenvalue weighted by Gasteiger charge is 2.39. The Balaban J connectivity index is 1.27. The van der Waals surface area contributed by atoms with E-state index in [4.69, 9.17) is 9.47 Å². The number of nitrogens with one attached hydrogen (secondary N) is 1. The van der Waals surface area contributed by atoms with Crippen LogP contribution in [-0.2, 0) is 9.53 Å². The van der Waals surface area contributed by atoms with E-state index >= 15 is 0 Å². The SMILES string of the molecule is CN1C(=O)c2cc(NC(=O)c3cccs3)ccc2OC[C@@H]2O[C@H](CC(=O)N3CCCCC3)CC[C@H]21. The van der Waals surface area contributed by atoms with Gasteiger partial charge in [0.1, 0.15) is 18.5 Å². The third-order valence-corrected chi connectivity index (χ3v) is 7.99. The molecule has 4 heterocycles. The Kier molecular flexibility index (Phi) is 7.06. The Morgan fingerprint density at radius 2 is 1.97 bits per heavy atom. The average molecular weight is 498 g/mol. The summed E-state index contributed by atoms with van der Waals surface area (Å²) in [6, 6.07) is 8.56. The molecule has 3 aliphatic heterocycles. The number of likely N-dealkylation sites (tertiary alicyclic amines) is 1. The third-order valence-electron chi connectivity index (χ3n) is 7.13. The molecule has 0 aliphatic carbocycles. The molecule has 0 saturated carbocycles. The average Bonchev–Trinajstić information content (AvgIpc) is 3.42. The molecule has 3 atom stereocenters. The van der Waals surface area contributed by atoms with Crippen LogP contribution in [0, 0.1) is 0 Å². The molecule has 1 N–H and O–H groups in total. The molecule has 5 rings (SSSR count). The Bertz CT molecular complexity index is 1080. The van der Waals surface area contributed by atoms with Gasteiger partial charge in [0, 0.05) is 25.8 Å². The highest BCUT2D eigenvalue weighted by Crippen LogP contribution is 2.33. The molecular weight excluding hydrogens is 466 g/mol. The van der Waals surface area contributed by atoms with Crippen molar-refractivity contribution in [2.45, 2.75) is 56.8 Å². The summed E-state index contributed by atoms with van der Waals surface area (Å²) >= 11 is 1.36. The van der Waals surface area contributed by atoms with Gasteiger partial charge in [-0.25, -0.2) is 0 Å². The standard InChI is InChI=1S/C26H31N3O5S/c1-28-20-9-8-18(15-24(30)29-11-3-2-4-12-29)34-22(20)16-33-21-10-7-17(14-19(21)26(28)32)27-25(31)23-6-5-13-35-23/h5-7,10,13-14,18,20,22H,2-4,8-9,11-12,15-16H2,1H3,(H,27,31)/t18-,20+,22-/m0/s1. The van der Waals surface area contributed by atoms with Crippen LogP contribution in [0.1, 0.15) is 58.6 Å². The fourth-order valence-corrected chi connectivity index (χ4v) is 5.79. The number of nitrogens with zero attached hydrogens (tertiary/aromatic N) is 2. The van der Waals surface area contributed by atoms with E-state index in [1.54, 1.807) is 36.2 Å². The number of anilines is 1. The summed E-state index contributed by atoms with van der Waals surface area (Å²) in [4.78, 5) is 42.8. The minimum atomic E-state index is -0.303. The number of rotatable bonds is 4. The van der Waals surface area contributed by atoms with E-state index in [2.05, 4.69) is 5.32 Å². The molecule has 35 heavy (non-hydrogen) atoms. The highest BCUT2D eigenvalue weighted by atomic mass is 32.1. The number of hydrogen-bond acceptors (Lipinski definition) is 6. The molecule has 0 bridgehead atoms. The lowest BCUT2D eigenvalue weighted by molar-refractivity contribution is -0.143. The van der Waals surface area contributed by atoms with E-state index in [9.17, 15) is 14.4 Å². The summed E-state index contributed by atoms with van der Waals surface area (Å²) in [6.07, 6.45) is 4.72. The first-order valence-corrected chi connectivity index (χ1v) is 13.2. The molecule has 0 spiro atoms. The fraction of sp³-hybridized carbons (Fsp3) is 0.500. The normalized spacial score (nSPS) is 24.5. The van der Waals surface area contributed by atoms with Crippen LogP contribution in [0.2, 0.25) is 0 Å². The van der Waals surface area contributed by atoms with Crippen molar-refractivity contribution in [2.75, 3.05) is 32.1 Å². The monoisotopic (exact) mass is 497 g/mol. The number of carbonyl (C=O) groups is 3. The van der Waals surface area contributed by atoms with E-state index in [-0.39, 0.29) is 36.0 Å². The van der Waals surface area contributed by atoms with Crippen molar-refractivity contribution < 1.29 is 23.9 Å². The summed E-state index contributed by atoms with van der Waals surface area (Å²) in [5.41, 5.74) is 0.957. The number of hydrogen-bond donors (Lipinski definition) is 1. The van der Waals surface area contributed by atoms with Gasteiger partial charge in [0.15, 0.2) is 0 Å². The molecule has 1 aromatic heterocycles. The molecule has 9 heteroatoms. The van der Waals surface area contributed by atoms with Gasteiger partial charge in [-0.15, -0.1) is 11.3 Å². The lowest BCUT2D eigenvalue weighted by atomic mass is 9.94. The quantitative estimate of drug-likeness (QED) is 0.695. The largest absolute Gasteiger partial charge is 0.490 e. The number of likely N-dealkylation sites (N-methyl/N-ethyl adjacent to an activating group) is 1. The maximum Gasteiger partial charge on any atom is 0.265 e. The van der Waals surface area contributed by atoms with Gasteiger partial charge in [0.25, 0.3) is 11.8 Å². The number of carbonyl (C=O) groups excluding carboxylic acids is 3. The lowest BCUT2D eigenvalue weighted by Gasteiger charge is -2.42. The first-order chi connectivity index (χ1) is 17.0. The summed E-state index contributed by atoms with van der Waals surface area (Å²) in [5, 5.41) is 4.70. The summed E-state index contributed by atoms with van der Waals surface area (Å²) in [5.74, 6) is 0.239. The number of piperidine rings is 1. The molecule has 2 saturated heterocycles. The van der Waals surface area contributed by atoms with Gasteiger partial charge >= 0.3 is 0 Å². The zero-order valence-electron chi connectivity index (χ0n) is 19.9. The van der Waals surface area contributed by atoms with Gasteiger partial charge in [-0.05, 0) is 61.7 Å². The maximum absolute atomic E-state index is 13.4. The Labute approximate surface area is 209 Å². The molecule has 0 unspecified atom stereocenters. The highest BCUT2D eigenvalue weighted by molar-refractivity contribution is 7.12. The number of ether oxygens (including phenoxy) is 2. The topological polar surface area (TPSA) is 88.2 Å². The van der Waals surface area contributed by atoms with Crippen LogP contribution in [0.4, 0.5) is 5.69 Å². The zero-order valence-corrected chi connectivity index (χ0v) is 20.7. The number of fused-ring (bicyclic) bond motifs is 2. The van der Waals surface area contributed by atoms with Crippen LogP contribution in [0.5, 0.6) is 5.75 Å². The Morgan fingerprint density at radius 3 is 2.74 bits per heavy atom. The van der Waals surface area contributed by atoms with E-state index < -0.39 is 0 Å². The van der Waals surface area contributed by atoms with Crippen LogP contribution in [0.3, 0.4) is 0 Å². The smallest absolute Gasteiger partial charge is 0.265 e. The molecule has 3 aliphatic rings. The Hall–Kier alpha value is -2.91. The van der Waals surface area contributed by atoms with Crippen molar-refractivity contribution in [3.8, 4) is 5.75 Å². The first kappa shape index (κ1) is 23.8. The summed E-state index contributed by atoms with van der Waals surface area (Å²) in [7, 11) is 1.79. The van der Waals surface area contributed by atoms with Crippen LogP contribution in [0.15, 0.2) is 35.7 Å². The summed E-state index contributed by atoms with van der Waals surface area (Å²) < 4.78 is 12.4. The zero-order chi connectivity index (χ0) is 24.4. The third kappa shape index (κ3) is 5.21. The van der Waals surface area contributed by atoms with Crippen LogP contribution < -0.4 is 10.1 Å². The van der Waals surface area contributed by atoms with Crippen molar-refractivity contribution in [3.63, 3.8) is 0 Å². The van der Waals surface area contributed by atoms with Crippen molar-refractivity contribution >= 4 is 34.7 Å². The van der Waals surface area contributed by atoms with Gasteiger partial charge < -0.3 is 24.6 Å². The second-order valence-electron chi connectivity index (χ2n) is 9.46. The number of amides is 3. The molecule has 186 valence electrons. The van der Waals surface area contributed by atoms with Crippen LogP contribution >= 0.6 is 11.3 Å². The fourth-order valence-electron chi connectivity index (χ4n) is 5.17. The molecular formula is C26H31N3O5S. The lowest BCUT2D eigenvalue weighted by Crippen LogP contribution is -2.54. The number of thiophene rings is 1. The minimum absolute atomic E-state index is 0.138. The van der Waals surface area contributed by atoms with Gasteiger partial charge in [-0.2, -0.15) is 0 Å². The first-order valence-electron chi connectivity index (χ1n) is 12.3. The van der Waals surface area contributed by atoms with Gasteiger partial charge in [-0.1, -0.05) is 6.07 Å². The van der Waals surface area contributed by atoms with Gasteiger partial charge in [-0.3, -0.25) is 14.4 Å². The second kappa shape index (κ2) is 10.4. The second-order valence-corrected chi connectivity index (χ2v) is 10.4. The molecule has 3 amide bonds. The van der Waals surface area contributed by atoms with E-state index in [1.807, 2.05) is 16.3 Å². The predicted molar refractivity (Wildman–Crippen MR) is 133 cm³/mol. The van der Waals surface area contributed by atoms with E-state index in [0.29, 0.717) is 34.9 Å². The number of benzene rings is 1. The van der Waals surface area contributed by atoms with Crippen molar-refractivity contribution in [1.82, 2.24) is 9.80 Å². The Morgan fingerprint density at radius 1 is 1.14 bits per heavy atom. The molecule has 0 radical (unpaired) electrons. The van der Waals surface area contributed by atoms with Crippen molar-refractivity contribution in [2.24, 2.45) is 0 Å². The molecule has 1 aromatic carbocycles. The van der Waals surface area contributed by atoms with Crippen LogP contribution in [0.25, 0.3) is 0 Å². The van der Waals surface area contributed by atoms with Gasteiger partial charge in [0.2, 0.25) is 5.91 Å². The van der Waals surface area contributed by atoms with Crippen molar-refractivity contribution in [3.05, 3.63) is 46.2 Å². The predicted octanol–water partition coefficient (Wildman–Crippen LogP) is 3.78.